The van der Waals surface area contributed by atoms with Gasteiger partial charge in [0.05, 0.1) is 0 Å². The highest BCUT2D eigenvalue weighted by Gasteiger charge is 2.13. The van der Waals surface area contributed by atoms with Crippen LogP contribution in [0.3, 0.4) is 0 Å². The first-order valence-corrected chi connectivity index (χ1v) is 10.1. The quantitative estimate of drug-likeness (QED) is 0.427. The van der Waals surface area contributed by atoms with Crippen LogP contribution in [0.4, 0.5) is 0 Å². The minimum absolute atomic E-state index is 0.969. The van der Waals surface area contributed by atoms with Crippen LogP contribution in [0.5, 0.6) is 0 Å². The SMILES string of the molecule is C1=CCCC(c2cccc3c2oc2ccccc23)=C1.CC.CC.CCC. The van der Waals surface area contributed by atoms with E-state index in [0.29, 0.717) is 0 Å². The third kappa shape index (κ3) is 5.11. The van der Waals surface area contributed by atoms with Crippen LogP contribution in [0, 0.1) is 0 Å². The zero-order chi connectivity index (χ0) is 19.4. The van der Waals surface area contributed by atoms with Crippen molar-refractivity contribution in [2.24, 2.45) is 0 Å². The fraction of sp³-hybridized carbons (Fsp3) is 0.360. The summed E-state index contributed by atoms with van der Waals surface area (Å²) in [6.45, 7) is 12.2. The van der Waals surface area contributed by atoms with E-state index in [1.54, 1.807) is 0 Å². The summed E-state index contributed by atoms with van der Waals surface area (Å²) in [7, 11) is 0. The Balaban J connectivity index is 0.000000431. The number of furan rings is 1. The first-order valence-electron chi connectivity index (χ1n) is 10.1. The molecular weight excluding hydrogens is 316 g/mol. The zero-order valence-electron chi connectivity index (χ0n) is 17.3. The molecule has 1 aliphatic carbocycles. The maximum absolute atomic E-state index is 6.07. The maximum Gasteiger partial charge on any atom is 0.142 e. The lowest BCUT2D eigenvalue weighted by atomic mass is 9.96. The first kappa shape index (κ1) is 21.8. The number of hydrogen-bond donors (Lipinski definition) is 0. The Morgan fingerprint density at radius 2 is 1.50 bits per heavy atom. The molecule has 0 saturated carbocycles. The highest BCUT2D eigenvalue weighted by atomic mass is 16.3. The van der Waals surface area contributed by atoms with Crippen molar-refractivity contribution in [3.8, 4) is 0 Å². The van der Waals surface area contributed by atoms with E-state index in [9.17, 15) is 0 Å². The zero-order valence-corrected chi connectivity index (χ0v) is 17.3. The molecule has 140 valence electrons. The predicted molar refractivity (Wildman–Crippen MR) is 119 cm³/mol. The van der Waals surface area contributed by atoms with E-state index in [4.69, 9.17) is 4.42 Å². The Bertz CT molecular complexity index is 834. The van der Waals surface area contributed by atoms with Crippen LogP contribution in [-0.2, 0) is 0 Å². The van der Waals surface area contributed by atoms with Gasteiger partial charge in [0.2, 0.25) is 0 Å². The molecule has 0 spiro atoms. The van der Waals surface area contributed by atoms with E-state index in [-0.39, 0.29) is 0 Å². The smallest absolute Gasteiger partial charge is 0.142 e. The molecule has 26 heavy (non-hydrogen) atoms. The molecule has 0 aliphatic heterocycles. The highest BCUT2D eigenvalue weighted by Crippen LogP contribution is 2.35. The largest absolute Gasteiger partial charge is 0.455 e. The minimum atomic E-state index is 0.969. The van der Waals surface area contributed by atoms with Gasteiger partial charge in [-0.15, -0.1) is 0 Å². The monoisotopic (exact) mass is 350 g/mol. The number of benzene rings is 2. The normalized spacial score (nSPS) is 12.2. The molecule has 1 aliphatic rings. The van der Waals surface area contributed by atoms with Crippen LogP contribution >= 0.6 is 0 Å². The average molecular weight is 351 g/mol. The molecule has 0 unspecified atom stereocenters. The summed E-state index contributed by atoms with van der Waals surface area (Å²) in [5.41, 5.74) is 4.59. The number of rotatable bonds is 1. The number of para-hydroxylation sites is 2. The third-order valence-electron chi connectivity index (χ3n) is 3.76. The van der Waals surface area contributed by atoms with E-state index in [1.807, 2.05) is 39.8 Å². The van der Waals surface area contributed by atoms with Crippen molar-refractivity contribution < 1.29 is 4.42 Å². The molecule has 4 rings (SSSR count). The second kappa shape index (κ2) is 12.1. The first-order chi connectivity index (χ1) is 12.8. The van der Waals surface area contributed by atoms with Crippen LogP contribution < -0.4 is 0 Å². The van der Waals surface area contributed by atoms with Crippen molar-refractivity contribution in [1.29, 1.82) is 0 Å². The summed E-state index contributed by atoms with van der Waals surface area (Å²) in [6, 6.07) is 14.7. The van der Waals surface area contributed by atoms with Gasteiger partial charge < -0.3 is 4.42 Å². The number of hydrogen-bond acceptors (Lipinski definition) is 1. The second-order valence-corrected chi connectivity index (χ2v) is 5.65. The van der Waals surface area contributed by atoms with Crippen molar-refractivity contribution >= 4 is 27.5 Å². The van der Waals surface area contributed by atoms with Gasteiger partial charge in [-0.25, -0.2) is 0 Å². The molecular formula is C25H34O. The molecule has 0 N–H and O–H groups in total. The second-order valence-electron chi connectivity index (χ2n) is 5.65. The van der Waals surface area contributed by atoms with E-state index in [0.717, 1.165) is 24.0 Å². The van der Waals surface area contributed by atoms with Crippen LogP contribution in [0.15, 0.2) is 65.1 Å². The molecule has 0 radical (unpaired) electrons. The van der Waals surface area contributed by atoms with Crippen LogP contribution in [0.1, 0.15) is 66.4 Å². The Kier molecular flexibility index (Phi) is 10.2. The van der Waals surface area contributed by atoms with Crippen molar-refractivity contribution in [3.05, 3.63) is 66.3 Å². The number of allylic oxidation sites excluding steroid dienone is 4. The van der Waals surface area contributed by atoms with Crippen molar-refractivity contribution in [3.63, 3.8) is 0 Å². The van der Waals surface area contributed by atoms with E-state index in [1.165, 1.54) is 28.3 Å². The number of fused-ring (bicyclic) bond motifs is 3. The molecule has 0 atom stereocenters. The molecule has 0 bridgehead atoms. The van der Waals surface area contributed by atoms with Crippen LogP contribution in [-0.4, -0.2) is 0 Å². The molecule has 0 saturated heterocycles. The van der Waals surface area contributed by atoms with Gasteiger partial charge in [0, 0.05) is 16.3 Å². The summed E-state index contributed by atoms with van der Waals surface area (Å²) in [6.07, 6.45) is 10.0. The summed E-state index contributed by atoms with van der Waals surface area (Å²) in [5, 5.41) is 2.41. The maximum atomic E-state index is 6.07. The van der Waals surface area contributed by atoms with Gasteiger partial charge in [-0.1, -0.05) is 103 Å². The molecule has 1 aromatic heterocycles. The van der Waals surface area contributed by atoms with Gasteiger partial charge >= 0.3 is 0 Å². The molecule has 1 heterocycles. The average Bonchev–Trinajstić information content (AvgIpc) is 3.11. The topological polar surface area (TPSA) is 13.1 Å². The molecule has 1 heteroatoms. The summed E-state index contributed by atoms with van der Waals surface area (Å²) in [4.78, 5) is 0. The Morgan fingerprint density at radius 3 is 2.15 bits per heavy atom. The summed E-state index contributed by atoms with van der Waals surface area (Å²) >= 11 is 0. The highest BCUT2D eigenvalue weighted by molar-refractivity contribution is 6.08. The van der Waals surface area contributed by atoms with E-state index >= 15 is 0 Å². The molecule has 0 fully saturated rings. The molecule has 3 aromatic rings. The third-order valence-corrected chi connectivity index (χ3v) is 3.76. The van der Waals surface area contributed by atoms with Gasteiger partial charge in [0.25, 0.3) is 0 Å². The predicted octanol–water partition coefficient (Wildman–Crippen LogP) is 8.79. The van der Waals surface area contributed by atoms with Gasteiger partial charge in [-0.2, -0.15) is 0 Å². The van der Waals surface area contributed by atoms with Crippen molar-refractivity contribution in [1.82, 2.24) is 0 Å². The van der Waals surface area contributed by atoms with Gasteiger partial charge in [0.1, 0.15) is 11.2 Å². The van der Waals surface area contributed by atoms with Crippen molar-refractivity contribution in [2.75, 3.05) is 0 Å². The Morgan fingerprint density at radius 1 is 0.846 bits per heavy atom. The van der Waals surface area contributed by atoms with Gasteiger partial charge in [-0.05, 0) is 24.5 Å². The van der Waals surface area contributed by atoms with Crippen LogP contribution in [0.2, 0.25) is 0 Å². The van der Waals surface area contributed by atoms with E-state index in [2.05, 4.69) is 62.4 Å². The lowest BCUT2D eigenvalue weighted by molar-refractivity contribution is 0.667. The van der Waals surface area contributed by atoms with Crippen LogP contribution in [0.25, 0.3) is 27.5 Å². The lowest BCUT2D eigenvalue weighted by Crippen LogP contribution is -1.88. The van der Waals surface area contributed by atoms with Gasteiger partial charge in [-0.3, -0.25) is 0 Å². The molecule has 2 aromatic carbocycles. The minimum Gasteiger partial charge on any atom is -0.455 e. The molecule has 1 nitrogen and oxygen atoms in total. The standard InChI is InChI=1S/C18H14O.C3H8.2C2H6/c1-2-7-13(8-3-1)14-10-6-11-16-15-9-4-5-12-17(15)19-18(14)16;1-3-2;2*1-2/h1-2,4-7,9-12H,3,8H2;3H2,1-2H3;2*1-2H3. The van der Waals surface area contributed by atoms with Crippen molar-refractivity contribution in [2.45, 2.75) is 60.8 Å². The fourth-order valence-corrected chi connectivity index (χ4v) is 2.83. The lowest BCUT2D eigenvalue weighted by Gasteiger charge is -2.09. The van der Waals surface area contributed by atoms with E-state index < -0.39 is 0 Å². The van der Waals surface area contributed by atoms with Gasteiger partial charge in [0.15, 0.2) is 0 Å². The summed E-state index contributed by atoms with van der Waals surface area (Å²) in [5.74, 6) is 0. The Hall–Kier alpha value is -2.28. The summed E-state index contributed by atoms with van der Waals surface area (Å²) < 4.78 is 6.07. The Labute approximate surface area is 159 Å². The fourth-order valence-electron chi connectivity index (χ4n) is 2.83. The molecule has 0 amide bonds.